The molecule has 0 aliphatic carbocycles. The molecule has 0 aromatic heterocycles. The number of rotatable bonds is 5. The number of ether oxygens (including phenoxy) is 4. The number of benzene rings is 2. The second-order valence-electron chi connectivity index (χ2n) is 5.24. The number of carbonyl (C=O) groups excluding carboxylic acids is 2. The van der Waals surface area contributed by atoms with E-state index in [1.54, 1.807) is 24.3 Å². The van der Waals surface area contributed by atoms with Crippen molar-refractivity contribution < 1.29 is 32.9 Å². The second kappa shape index (κ2) is 7.21. The molecule has 0 radical (unpaired) electrons. The average Bonchev–Trinajstić information content (AvgIpc) is 2.65. The first kappa shape index (κ1) is 16.8. The minimum Gasteiger partial charge on any atom is -0.494 e. The highest BCUT2D eigenvalue weighted by molar-refractivity contribution is 5.98. The van der Waals surface area contributed by atoms with E-state index in [0.717, 1.165) is 6.07 Å². The van der Waals surface area contributed by atoms with Crippen molar-refractivity contribution in [3.05, 3.63) is 53.8 Å². The highest BCUT2D eigenvalue weighted by Crippen LogP contribution is 2.31. The summed E-state index contributed by atoms with van der Waals surface area (Å²) in [4.78, 5) is 24.1. The van der Waals surface area contributed by atoms with Gasteiger partial charge in [0.1, 0.15) is 6.61 Å². The maximum atomic E-state index is 13.6. The molecule has 0 unspecified atom stereocenters. The molecule has 3 rings (SSSR count). The van der Waals surface area contributed by atoms with Gasteiger partial charge in [0.15, 0.2) is 35.5 Å². The van der Waals surface area contributed by atoms with Crippen LogP contribution in [0.1, 0.15) is 10.4 Å². The lowest BCUT2D eigenvalue weighted by atomic mass is 10.1. The predicted molar refractivity (Wildman–Crippen MR) is 84.6 cm³/mol. The normalized spacial score (nSPS) is 15.4. The van der Waals surface area contributed by atoms with Crippen molar-refractivity contribution in [1.82, 2.24) is 0 Å². The Hall–Kier alpha value is -3.09. The van der Waals surface area contributed by atoms with Gasteiger partial charge in [0, 0.05) is 5.56 Å². The van der Waals surface area contributed by atoms with Gasteiger partial charge in [-0.05, 0) is 30.3 Å². The zero-order chi connectivity index (χ0) is 17.8. The van der Waals surface area contributed by atoms with Crippen LogP contribution in [0.25, 0.3) is 0 Å². The van der Waals surface area contributed by atoms with Crippen LogP contribution in [0.2, 0.25) is 0 Å². The third-order valence-electron chi connectivity index (χ3n) is 3.59. The molecular weight excluding hydrogens is 331 g/mol. The molecule has 1 aliphatic rings. The predicted octanol–water partition coefficient (Wildman–Crippen LogP) is 2.40. The van der Waals surface area contributed by atoms with Gasteiger partial charge in [-0.1, -0.05) is 12.1 Å². The van der Waals surface area contributed by atoms with Gasteiger partial charge in [0.05, 0.1) is 7.11 Å². The van der Waals surface area contributed by atoms with Gasteiger partial charge in [-0.15, -0.1) is 0 Å². The van der Waals surface area contributed by atoms with Crippen LogP contribution in [0.4, 0.5) is 4.39 Å². The van der Waals surface area contributed by atoms with Crippen LogP contribution in [-0.4, -0.2) is 38.2 Å². The summed E-state index contributed by atoms with van der Waals surface area (Å²) in [6, 6.07) is 10.7. The number of Topliss-reactive ketones (excluding diaryl/α,β-unsaturated/α-hetero) is 1. The lowest BCUT2D eigenvalue weighted by Gasteiger charge is -2.24. The fourth-order valence-electron chi connectivity index (χ4n) is 2.29. The summed E-state index contributed by atoms with van der Waals surface area (Å²) in [5, 5.41) is 0. The molecule has 1 heterocycles. The van der Waals surface area contributed by atoms with Gasteiger partial charge in [-0.3, -0.25) is 4.79 Å². The van der Waals surface area contributed by atoms with Crippen molar-refractivity contribution in [2.24, 2.45) is 0 Å². The van der Waals surface area contributed by atoms with Crippen molar-refractivity contribution in [3.63, 3.8) is 0 Å². The third-order valence-corrected chi connectivity index (χ3v) is 3.59. The van der Waals surface area contributed by atoms with E-state index >= 15 is 0 Å². The molecule has 1 atom stereocenters. The van der Waals surface area contributed by atoms with E-state index in [2.05, 4.69) is 0 Å². The van der Waals surface area contributed by atoms with Crippen LogP contribution in [0.5, 0.6) is 17.2 Å². The van der Waals surface area contributed by atoms with E-state index in [4.69, 9.17) is 18.9 Å². The van der Waals surface area contributed by atoms with E-state index in [1.807, 2.05) is 0 Å². The van der Waals surface area contributed by atoms with Crippen molar-refractivity contribution >= 4 is 11.8 Å². The summed E-state index contributed by atoms with van der Waals surface area (Å²) >= 11 is 0. The molecule has 0 spiro atoms. The Kier molecular flexibility index (Phi) is 4.83. The molecule has 7 heteroatoms. The van der Waals surface area contributed by atoms with Gasteiger partial charge in [0.25, 0.3) is 0 Å². The molecule has 2 aromatic carbocycles. The Morgan fingerprint density at radius 3 is 2.68 bits per heavy atom. The van der Waals surface area contributed by atoms with Crippen molar-refractivity contribution in [3.8, 4) is 17.2 Å². The number of ketones is 1. The molecule has 0 N–H and O–H groups in total. The molecule has 0 saturated heterocycles. The molecule has 0 amide bonds. The molecule has 2 aromatic rings. The zero-order valence-corrected chi connectivity index (χ0v) is 13.4. The first-order valence-electron chi connectivity index (χ1n) is 7.50. The van der Waals surface area contributed by atoms with E-state index in [9.17, 15) is 14.0 Å². The topological polar surface area (TPSA) is 71.1 Å². The Bertz CT molecular complexity index is 804. The fourth-order valence-corrected chi connectivity index (χ4v) is 2.29. The van der Waals surface area contributed by atoms with Crippen LogP contribution in [0.3, 0.4) is 0 Å². The Morgan fingerprint density at radius 1 is 1.20 bits per heavy atom. The molecule has 6 nitrogen and oxygen atoms in total. The average molecular weight is 346 g/mol. The zero-order valence-electron chi connectivity index (χ0n) is 13.4. The summed E-state index contributed by atoms with van der Waals surface area (Å²) in [6.07, 6.45) is -0.963. The summed E-state index contributed by atoms with van der Waals surface area (Å²) < 4.78 is 34.3. The van der Waals surface area contributed by atoms with Crippen molar-refractivity contribution in [2.45, 2.75) is 6.10 Å². The Morgan fingerprint density at radius 2 is 1.96 bits per heavy atom. The number of hydrogen-bond acceptors (Lipinski definition) is 6. The van der Waals surface area contributed by atoms with Crippen molar-refractivity contribution in [2.75, 3.05) is 20.3 Å². The molecular formula is C18H15FO6. The molecule has 0 bridgehead atoms. The number of para-hydroxylation sites is 2. The Labute approximate surface area is 143 Å². The highest BCUT2D eigenvalue weighted by atomic mass is 19.1. The summed E-state index contributed by atoms with van der Waals surface area (Å²) in [6.45, 7) is -0.534. The van der Waals surface area contributed by atoms with Gasteiger partial charge >= 0.3 is 5.97 Å². The standard InChI is InChI=1S/C18H15FO6/c1-22-14-7-6-11(8-12(14)19)13(20)9-24-18(21)17-10-23-15-4-2-3-5-16(15)25-17/h2-8,17H,9-10H2,1H3/t17-/m0/s1. The number of esters is 1. The van der Waals surface area contributed by atoms with Crippen LogP contribution >= 0.6 is 0 Å². The molecule has 0 saturated carbocycles. The molecule has 0 fully saturated rings. The molecule has 1 aliphatic heterocycles. The first-order valence-corrected chi connectivity index (χ1v) is 7.50. The number of hydrogen-bond donors (Lipinski definition) is 0. The van der Waals surface area contributed by atoms with Crippen LogP contribution < -0.4 is 14.2 Å². The third kappa shape index (κ3) is 3.71. The summed E-state index contributed by atoms with van der Waals surface area (Å²) in [7, 11) is 1.33. The second-order valence-corrected chi connectivity index (χ2v) is 5.24. The number of halogens is 1. The SMILES string of the molecule is COc1ccc(C(=O)COC(=O)[C@@H]2COc3ccccc3O2)cc1F. The van der Waals surface area contributed by atoms with Gasteiger partial charge < -0.3 is 18.9 Å². The number of carbonyl (C=O) groups is 2. The van der Waals surface area contributed by atoms with E-state index in [1.165, 1.54) is 19.2 Å². The fraction of sp³-hybridized carbons (Fsp3) is 0.222. The van der Waals surface area contributed by atoms with Crippen LogP contribution in [-0.2, 0) is 9.53 Å². The quantitative estimate of drug-likeness (QED) is 0.612. The number of methoxy groups -OCH3 is 1. The van der Waals surface area contributed by atoms with Crippen molar-refractivity contribution in [1.29, 1.82) is 0 Å². The van der Waals surface area contributed by atoms with Crippen LogP contribution in [0.15, 0.2) is 42.5 Å². The van der Waals surface area contributed by atoms with Crippen LogP contribution in [0, 0.1) is 5.82 Å². The summed E-state index contributed by atoms with van der Waals surface area (Å²) in [5.74, 6) is -0.931. The molecule has 130 valence electrons. The minimum atomic E-state index is -0.963. The van der Waals surface area contributed by atoms with Gasteiger partial charge in [0.2, 0.25) is 6.10 Å². The maximum Gasteiger partial charge on any atom is 0.351 e. The monoisotopic (exact) mass is 346 g/mol. The minimum absolute atomic E-state index is 0.0127. The van der Waals surface area contributed by atoms with E-state index in [-0.39, 0.29) is 17.9 Å². The first-order chi connectivity index (χ1) is 12.1. The van der Waals surface area contributed by atoms with E-state index in [0.29, 0.717) is 11.5 Å². The lowest BCUT2D eigenvalue weighted by molar-refractivity contribution is -0.153. The maximum absolute atomic E-state index is 13.6. The summed E-state index contributed by atoms with van der Waals surface area (Å²) in [5.41, 5.74) is 0.0808. The smallest absolute Gasteiger partial charge is 0.351 e. The Balaban J connectivity index is 1.57. The lowest BCUT2D eigenvalue weighted by Crippen LogP contribution is -2.38. The number of fused-ring (bicyclic) bond motifs is 1. The largest absolute Gasteiger partial charge is 0.494 e. The highest BCUT2D eigenvalue weighted by Gasteiger charge is 2.29. The van der Waals surface area contributed by atoms with Gasteiger partial charge in [-0.2, -0.15) is 0 Å². The van der Waals surface area contributed by atoms with E-state index < -0.39 is 30.3 Å². The molecule has 25 heavy (non-hydrogen) atoms. The van der Waals surface area contributed by atoms with Gasteiger partial charge in [-0.25, -0.2) is 9.18 Å².